The summed E-state index contributed by atoms with van der Waals surface area (Å²) in [5.74, 6) is 0. The van der Waals surface area contributed by atoms with Gasteiger partial charge in [-0.3, -0.25) is 5.32 Å². The number of anilines is 1. The molecule has 0 aliphatic carbocycles. The lowest BCUT2D eigenvalue weighted by atomic mass is 10.4. The van der Waals surface area contributed by atoms with Gasteiger partial charge >= 0.3 is 6.09 Å². The monoisotopic (exact) mass is 182 g/mol. The number of ether oxygens (including phenoxy) is 1. The fourth-order valence-electron chi connectivity index (χ4n) is 0.814. The molecule has 0 saturated carbocycles. The van der Waals surface area contributed by atoms with Crippen LogP contribution in [0.2, 0.25) is 0 Å². The Morgan fingerprint density at radius 1 is 1.77 bits per heavy atom. The fourth-order valence-corrected chi connectivity index (χ4v) is 0.814. The van der Waals surface area contributed by atoms with E-state index in [-0.39, 0.29) is 0 Å². The first-order chi connectivity index (χ1) is 6.22. The molecule has 0 saturated heterocycles. The zero-order valence-electron chi connectivity index (χ0n) is 7.19. The molecule has 0 aliphatic rings. The maximum Gasteiger partial charge on any atom is 0.411 e. The van der Waals surface area contributed by atoms with E-state index in [2.05, 4.69) is 10.1 Å². The van der Waals surface area contributed by atoms with Crippen molar-refractivity contribution in [3.8, 4) is 0 Å². The van der Waals surface area contributed by atoms with Crippen LogP contribution in [-0.2, 0) is 4.74 Å². The van der Waals surface area contributed by atoms with Crippen molar-refractivity contribution in [2.24, 2.45) is 0 Å². The molecule has 1 rings (SSSR count). The first kappa shape index (κ1) is 9.31. The average Bonchev–Trinajstić information content (AvgIpc) is 2.04. The number of rotatable bonds is 2. The van der Waals surface area contributed by atoms with E-state index in [1.807, 2.05) is 0 Å². The van der Waals surface area contributed by atoms with E-state index in [0.29, 0.717) is 17.0 Å². The highest BCUT2D eigenvalue weighted by Gasteiger charge is 2.03. The van der Waals surface area contributed by atoms with Gasteiger partial charge in [-0.25, -0.2) is 4.79 Å². The average molecular weight is 182 g/mol. The van der Waals surface area contributed by atoms with Gasteiger partial charge in [-0.2, -0.15) is 4.73 Å². The van der Waals surface area contributed by atoms with E-state index in [1.165, 1.54) is 18.5 Å². The molecular weight excluding hydrogens is 172 g/mol. The first-order valence-corrected chi connectivity index (χ1v) is 3.85. The van der Waals surface area contributed by atoms with E-state index in [4.69, 9.17) is 0 Å². The highest BCUT2D eigenvalue weighted by Crippen LogP contribution is 2.01. The number of hydrogen-bond donors (Lipinski definition) is 1. The normalized spacial score (nSPS) is 9.31. The van der Waals surface area contributed by atoms with E-state index < -0.39 is 6.09 Å². The maximum atomic E-state index is 10.9. The van der Waals surface area contributed by atoms with Crippen LogP contribution in [0.25, 0.3) is 0 Å². The van der Waals surface area contributed by atoms with E-state index in [0.717, 1.165) is 0 Å². The Bertz CT molecular complexity index is 301. The lowest BCUT2D eigenvalue weighted by Crippen LogP contribution is -2.25. The van der Waals surface area contributed by atoms with Gasteiger partial charge in [-0.1, -0.05) is 0 Å². The molecule has 0 bridgehead atoms. The van der Waals surface area contributed by atoms with Crippen molar-refractivity contribution in [1.82, 2.24) is 0 Å². The van der Waals surface area contributed by atoms with Gasteiger partial charge in [0.2, 0.25) is 6.20 Å². The summed E-state index contributed by atoms with van der Waals surface area (Å²) in [6.07, 6.45) is 2.02. The summed E-state index contributed by atoms with van der Waals surface area (Å²) >= 11 is 0. The number of nitrogens with one attached hydrogen (secondary N) is 1. The van der Waals surface area contributed by atoms with Gasteiger partial charge in [0, 0.05) is 6.07 Å². The van der Waals surface area contributed by atoms with Crippen LogP contribution in [0.1, 0.15) is 6.92 Å². The lowest BCUT2D eigenvalue weighted by molar-refractivity contribution is -0.604. The van der Waals surface area contributed by atoms with Crippen LogP contribution in [-0.4, -0.2) is 12.7 Å². The van der Waals surface area contributed by atoms with Crippen molar-refractivity contribution in [2.75, 3.05) is 11.9 Å². The van der Waals surface area contributed by atoms with Gasteiger partial charge in [0.25, 0.3) is 0 Å². The Hall–Kier alpha value is -1.78. The van der Waals surface area contributed by atoms with Crippen LogP contribution in [0.4, 0.5) is 10.5 Å². The van der Waals surface area contributed by atoms with Crippen molar-refractivity contribution in [3.05, 3.63) is 29.7 Å². The first-order valence-electron chi connectivity index (χ1n) is 3.85. The van der Waals surface area contributed by atoms with Crippen LogP contribution in [0.15, 0.2) is 24.5 Å². The maximum absolute atomic E-state index is 10.9. The molecule has 0 aliphatic heterocycles. The van der Waals surface area contributed by atoms with E-state index in [9.17, 15) is 10.0 Å². The highest BCUT2D eigenvalue weighted by atomic mass is 16.5. The molecule has 5 heteroatoms. The molecule has 1 amide bonds. The van der Waals surface area contributed by atoms with Crippen molar-refractivity contribution in [2.45, 2.75) is 6.92 Å². The predicted molar refractivity (Wildman–Crippen MR) is 46.0 cm³/mol. The Morgan fingerprint density at radius 3 is 3.15 bits per heavy atom. The van der Waals surface area contributed by atoms with Crippen LogP contribution < -0.4 is 10.0 Å². The number of aromatic nitrogens is 1. The summed E-state index contributed by atoms with van der Waals surface area (Å²) in [6, 6.07) is 3.14. The number of carbonyl (C=O) groups excluding carboxylic acids is 1. The molecule has 1 aromatic rings. The standard InChI is InChI=1S/C8H10N2O3/c1-2-13-8(11)9-7-4-3-5-10(12)6-7/h3-6H,2H2,1H3,(H,9,11). The predicted octanol–water partition coefficient (Wildman–Crippen LogP) is 0.888. The van der Waals surface area contributed by atoms with Crippen LogP contribution in [0.3, 0.4) is 0 Å². The largest absolute Gasteiger partial charge is 0.619 e. The van der Waals surface area contributed by atoms with Crippen LogP contribution in [0.5, 0.6) is 0 Å². The molecule has 13 heavy (non-hydrogen) atoms. The van der Waals surface area contributed by atoms with Gasteiger partial charge in [-0.15, -0.1) is 0 Å². The van der Waals surface area contributed by atoms with Crippen molar-refractivity contribution in [1.29, 1.82) is 0 Å². The zero-order chi connectivity index (χ0) is 9.68. The summed E-state index contributed by atoms with van der Waals surface area (Å²) in [7, 11) is 0. The second kappa shape index (κ2) is 4.30. The number of pyridine rings is 1. The molecule has 1 N–H and O–H groups in total. The van der Waals surface area contributed by atoms with Crippen molar-refractivity contribution >= 4 is 11.8 Å². The number of amides is 1. The third kappa shape index (κ3) is 2.98. The number of nitrogens with zero attached hydrogens (tertiary/aromatic N) is 1. The van der Waals surface area contributed by atoms with Crippen LogP contribution >= 0.6 is 0 Å². The van der Waals surface area contributed by atoms with E-state index in [1.54, 1.807) is 13.0 Å². The molecule has 5 nitrogen and oxygen atoms in total. The summed E-state index contributed by atoms with van der Waals surface area (Å²) in [5, 5.41) is 13.2. The second-order valence-electron chi connectivity index (χ2n) is 2.30. The van der Waals surface area contributed by atoms with Crippen molar-refractivity contribution < 1.29 is 14.3 Å². The smallest absolute Gasteiger partial charge is 0.411 e. The third-order valence-electron chi connectivity index (χ3n) is 1.30. The number of hydrogen-bond acceptors (Lipinski definition) is 3. The van der Waals surface area contributed by atoms with Gasteiger partial charge in [0.15, 0.2) is 6.20 Å². The second-order valence-corrected chi connectivity index (χ2v) is 2.30. The molecular formula is C8H10N2O3. The molecule has 0 radical (unpaired) electrons. The minimum atomic E-state index is -0.561. The molecule has 1 aromatic heterocycles. The third-order valence-corrected chi connectivity index (χ3v) is 1.30. The number of carbonyl (C=O) groups is 1. The molecule has 0 fully saturated rings. The minimum absolute atomic E-state index is 0.302. The summed E-state index contributed by atoms with van der Waals surface area (Å²) < 4.78 is 5.22. The molecule has 0 atom stereocenters. The minimum Gasteiger partial charge on any atom is -0.619 e. The summed E-state index contributed by atoms with van der Waals surface area (Å²) in [4.78, 5) is 10.9. The quantitative estimate of drug-likeness (QED) is 0.545. The topological polar surface area (TPSA) is 65.3 Å². The zero-order valence-corrected chi connectivity index (χ0v) is 7.19. The van der Waals surface area contributed by atoms with E-state index >= 15 is 0 Å². The van der Waals surface area contributed by atoms with Crippen molar-refractivity contribution in [3.63, 3.8) is 0 Å². The van der Waals surface area contributed by atoms with Crippen LogP contribution in [0, 0.1) is 5.21 Å². The van der Waals surface area contributed by atoms with Gasteiger partial charge in [0.05, 0.1) is 6.61 Å². The fraction of sp³-hybridized carbons (Fsp3) is 0.250. The molecule has 0 unspecified atom stereocenters. The highest BCUT2D eigenvalue weighted by molar-refractivity contribution is 5.83. The van der Waals surface area contributed by atoms with Gasteiger partial charge in [0.1, 0.15) is 5.69 Å². The Kier molecular flexibility index (Phi) is 3.08. The Labute approximate surface area is 75.5 Å². The lowest BCUT2D eigenvalue weighted by Gasteiger charge is -2.03. The summed E-state index contributed by atoms with van der Waals surface area (Å²) in [6.45, 7) is 2.01. The Balaban J connectivity index is 2.58. The Morgan fingerprint density at radius 2 is 2.54 bits per heavy atom. The van der Waals surface area contributed by atoms with Gasteiger partial charge in [-0.05, 0) is 13.0 Å². The molecule has 70 valence electrons. The molecule has 1 heterocycles. The summed E-state index contributed by atoms with van der Waals surface area (Å²) in [5.41, 5.74) is 0.413. The molecule has 0 aromatic carbocycles. The molecule has 0 spiro atoms. The SMILES string of the molecule is CCOC(=O)Nc1ccc[n+]([O-])c1. The van der Waals surface area contributed by atoms with Gasteiger partial charge < -0.3 is 9.94 Å².